The van der Waals surface area contributed by atoms with Gasteiger partial charge in [0.15, 0.2) is 0 Å². The first-order chi connectivity index (χ1) is 8.27. The largest absolute Gasteiger partial charge is 0.370 e. The van der Waals surface area contributed by atoms with Gasteiger partial charge in [-0.3, -0.25) is 0 Å². The smallest absolute Gasteiger partial charge is 0.0423 e. The van der Waals surface area contributed by atoms with Gasteiger partial charge in [0.05, 0.1) is 0 Å². The van der Waals surface area contributed by atoms with Gasteiger partial charge in [0.25, 0.3) is 0 Å². The van der Waals surface area contributed by atoms with E-state index in [1.165, 1.54) is 34.1 Å². The summed E-state index contributed by atoms with van der Waals surface area (Å²) >= 11 is 3.83. The Hall–Kier alpha value is -0.320. The molecule has 94 valence electrons. The molecule has 0 amide bonds. The molecule has 0 aromatic heterocycles. The predicted octanol–water partition coefficient (Wildman–Crippen LogP) is 2.81. The number of nitrogens with zero attached hydrogens (tertiary/aromatic N) is 1. The van der Waals surface area contributed by atoms with Crippen LogP contribution in [0.4, 0.5) is 5.69 Å². The third-order valence-corrected chi connectivity index (χ3v) is 5.33. The molecule has 17 heavy (non-hydrogen) atoms. The van der Waals surface area contributed by atoms with Crippen molar-refractivity contribution in [2.24, 2.45) is 5.73 Å². The van der Waals surface area contributed by atoms with Crippen LogP contribution in [-0.4, -0.2) is 30.9 Å². The zero-order valence-corrected chi connectivity index (χ0v) is 12.1. The molecule has 1 fully saturated rings. The number of rotatable bonds is 4. The van der Waals surface area contributed by atoms with Crippen molar-refractivity contribution in [1.29, 1.82) is 0 Å². The molecule has 1 unspecified atom stereocenters. The maximum absolute atomic E-state index is 5.92. The standard InChI is InChI=1S/C13H20N2S2/c1-15(10-6-7-17-9-10)12-4-3-5-13(16-2)11(12)8-14/h3-5,10H,6-9,14H2,1-2H3. The van der Waals surface area contributed by atoms with Crippen LogP contribution in [-0.2, 0) is 6.54 Å². The van der Waals surface area contributed by atoms with Crippen LogP contribution in [0.3, 0.4) is 0 Å². The summed E-state index contributed by atoms with van der Waals surface area (Å²) < 4.78 is 0. The molecule has 1 atom stereocenters. The molecule has 0 radical (unpaired) electrons. The fourth-order valence-electron chi connectivity index (χ4n) is 2.31. The van der Waals surface area contributed by atoms with Gasteiger partial charge in [-0.25, -0.2) is 0 Å². The fourth-order valence-corrected chi connectivity index (χ4v) is 4.22. The zero-order chi connectivity index (χ0) is 12.3. The van der Waals surface area contributed by atoms with Crippen molar-refractivity contribution in [3.8, 4) is 0 Å². The van der Waals surface area contributed by atoms with E-state index in [1.807, 2.05) is 0 Å². The van der Waals surface area contributed by atoms with E-state index >= 15 is 0 Å². The van der Waals surface area contributed by atoms with E-state index in [1.54, 1.807) is 11.8 Å². The SMILES string of the molecule is CSc1cccc(N(C)C2CCSC2)c1CN. The molecule has 4 heteroatoms. The summed E-state index contributed by atoms with van der Waals surface area (Å²) in [6.45, 7) is 0.622. The highest BCUT2D eigenvalue weighted by Gasteiger charge is 2.22. The van der Waals surface area contributed by atoms with Gasteiger partial charge >= 0.3 is 0 Å². The van der Waals surface area contributed by atoms with Crippen molar-refractivity contribution >= 4 is 29.2 Å². The predicted molar refractivity (Wildman–Crippen MR) is 80.2 cm³/mol. The lowest BCUT2D eigenvalue weighted by atomic mass is 10.1. The maximum Gasteiger partial charge on any atom is 0.0423 e. The lowest BCUT2D eigenvalue weighted by Crippen LogP contribution is -2.32. The molecule has 1 aliphatic rings. The van der Waals surface area contributed by atoms with Crippen molar-refractivity contribution in [1.82, 2.24) is 0 Å². The number of anilines is 1. The van der Waals surface area contributed by atoms with E-state index in [2.05, 4.69) is 48.2 Å². The molecule has 0 spiro atoms. The van der Waals surface area contributed by atoms with Gasteiger partial charge in [0.2, 0.25) is 0 Å². The number of benzene rings is 1. The first-order valence-corrected chi connectivity index (χ1v) is 8.32. The molecule has 1 aromatic carbocycles. The molecular weight excluding hydrogens is 248 g/mol. The maximum atomic E-state index is 5.92. The minimum absolute atomic E-state index is 0.622. The van der Waals surface area contributed by atoms with Crippen molar-refractivity contribution in [3.63, 3.8) is 0 Å². The Bertz CT molecular complexity index is 376. The fraction of sp³-hybridized carbons (Fsp3) is 0.538. The van der Waals surface area contributed by atoms with E-state index in [0.717, 1.165) is 0 Å². The van der Waals surface area contributed by atoms with Crippen LogP contribution in [0.15, 0.2) is 23.1 Å². The third-order valence-electron chi connectivity index (χ3n) is 3.37. The van der Waals surface area contributed by atoms with Gasteiger partial charge in [-0.05, 0) is 30.6 Å². The summed E-state index contributed by atoms with van der Waals surface area (Å²) in [5, 5.41) is 0. The second-order valence-electron chi connectivity index (χ2n) is 4.29. The van der Waals surface area contributed by atoms with Crippen molar-refractivity contribution in [2.75, 3.05) is 29.7 Å². The molecule has 0 aliphatic carbocycles. The molecule has 2 rings (SSSR count). The molecule has 1 saturated heterocycles. The van der Waals surface area contributed by atoms with Crippen LogP contribution in [0.5, 0.6) is 0 Å². The Labute approximate surface area is 112 Å². The van der Waals surface area contributed by atoms with Crippen LogP contribution in [0.2, 0.25) is 0 Å². The van der Waals surface area contributed by atoms with E-state index in [0.29, 0.717) is 12.6 Å². The normalized spacial score (nSPS) is 19.6. The summed E-state index contributed by atoms with van der Waals surface area (Å²) in [7, 11) is 2.20. The Morgan fingerprint density at radius 1 is 1.53 bits per heavy atom. The minimum Gasteiger partial charge on any atom is -0.370 e. The quantitative estimate of drug-likeness (QED) is 0.850. The zero-order valence-electron chi connectivity index (χ0n) is 10.5. The highest BCUT2D eigenvalue weighted by Crippen LogP contribution is 2.32. The van der Waals surface area contributed by atoms with E-state index in [4.69, 9.17) is 5.73 Å². The van der Waals surface area contributed by atoms with Crippen molar-refractivity contribution in [2.45, 2.75) is 23.9 Å². The van der Waals surface area contributed by atoms with Gasteiger partial charge < -0.3 is 10.6 Å². The summed E-state index contributed by atoms with van der Waals surface area (Å²) in [5.41, 5.74) is 8.52. The Morgan fingerprint density at radius 2 is 2.35 bits per heavy atom. The first-order valence-electron chi connectivity index (χ1n) is 5.94. The number of hydrogen-bond donors (Lipinski definition) is 1. The summed E-state index contributed by atoms with van der Waals surface area (Å²) in [6, 6.07) is 7.17. The second kappa shape index (κ2) is 6.03. The number of thioether (sulfide) groups is 2. The Balaban J connectivity index is 2.29. The topological polar surface area (TPSA) is 29.3 Å². The summed E-state index contributed by atoms with van der Waals surface area (Å²) in [4.78, 5) is 3.73. The van der Waals surface area contributed by atoms with Crippen molar-refractivity contribution < 1.29 is 0 Å². The Morgan fingerprint density at radius 3 is 2.94 bits per heavy atom. The number of nitrogens with two attached hydrogens (primary N) is 1. The van der Waals surface area contributed by atoms with E-state index in [9.17, 15) is 0 Å². The lowest BCUT2D eigenvalue weighted by Gasteiger charge is -2.29. The van der Waals surface area contributed by atoms with Gasteiger partial charge in [-0.15, -0.1) is 11.8 Å². The van der Waals surface area contributed by atoms with Crippen molar-refractivity contribution in [3.05, 3.63) is 23.8 Å². The third kappa shape index (κ3) is 2.75. The van der Waals surface area contributed by atoms with Gasteiger partial charge in [-0.1, -0.05) is 6.07 Å². The van der Waals surface area contributed by atoms with Gasteiger partial charge in [-0.2, -0.15) is 11.8 Å². The van der Waals surface area contributed by atoms with Crippen LogP contribution >= 0.6 is 23.5 Å². The molecule has 2 nitrogen and oxygen atoms in total. The van der Waals surface area contributed by atoms with Gasteiger partial charge in [0.1, 0.15) is 0 Å². The molecule has 0 saturated carbocycles. The van der Waals surface area contributed by atoms with Crippen LogP contribution in [0.1, 0.15) is 12.0 Å². The highest BCUT2D eigenvalue weighted by atomic mass is 32.2. The average Bonchev–Trinajstić information content (AvgIpc) is 2.90. The Kier molecular flexibility index (Phi) is 4.65. The first kappa shape index (κ1) is 13.1. The van der Waals surface area contributed by atoms with E-state index in [-0.39, 0.29) is 0 Å². The van der Waals surface area contributed by atoms with Crippen LogP contribution < -0.4 is 10.6 Å². The van der Waals surface area contributed by atoms with Gasteiger partial charge in [0, 0.05) is 41.5 Å². The lowest BCUT2D eigenvalue weighted by molar-refractivity contribution is 0.695. The van der Waals surface area contributed by atoms with Crippen LogP contribution in [0.25, 0.3) is 0 Å². The molecule has 0 bridgehead atoms. The molecule has 2 N–H and O–H groups in total. The minimum atomic E-state index is 0.622. The molecular formula is C13H20N2S2. The monoisotopic (exact) mass is 268 g/mol. The molecule has 1 aliphatic heterocycles. The molecule has 1 heterocycles. The second-order valence-corrected chi connectivity index (χ2v) is 6.29. The average molecular weight is 268 g/mol. The van der Waals surface area contributed by atoms with E-state index < -0.39 is 0 Å². The van der Waals surface area contributed by atoms with Crippen LogP contribution in [0, 0.1) is 0 Å². The highest BCUT2D eigenvalue weighted by molar-refractivity contribution is 7.99. The molecule has 1 aromatic rings. The summed E-state index contributed by atoms with van der Waals surface area (Å²) in [6.07, 6.45) is 3.40. The summed E-state index contributed by atoms with van der Waals surface area (Å²) in [5.74, 6) is 2.53. The number of hydrogen-bond acceptors (Lipinski definition) is 4.